The smallest absolute Gasteiger partial charge is 0.247 e. The fourth-order valence-electron chi connectivity index (χ4n) is 5.43. The summed E-state index contributed by atoms with van der Waals surface area (Å²) in [6, 6.07) is 1.79. The van der Waals surface area contributed by atoms with Crippen LogP contribution in [0.5, 0.6) is 5.75 Å². The van der Waals surface area contributed by atoms with Crippen LogP contribution in [0.4, 0.5) is 11.5 Å². The van der Waals surface area contributed by atoms with Crippen LogP contribution < -0.4 is 25.6 Å². The van der Waals surface area contributed by atoms with Crippen LogP contribution in [0.15, 0.2) is 18.5 Å². The molecular formula is C29H43N7O4. The molecule has 0 aliphatic carbocycles. The maximum Gasteiger partial charge on any atom is 0.247 e. The largest absolute Gasteiger partial charge is 0.494 e. The van der Waals surface area contributed by atoms with Crippen molar-refractivity contribution in [3.8, 4) is 5.75 Å². The van der Waals surface area contributed by atoms with Gasteiger partial charge < -0.3 is 30.5 Å². The van der Waals surface area contributed by atoms with E-state index in [0.717, 1.165) is 42.7 Å². The molecule has 0 radical (unpaired) electrons. The number of anilines is 2. The average molecular weight is 554 g/mol. The highest BCUT2D eigenvalue weighted by Gasteiger charge is 2.42. The molecule has 2 aromatic rings. The molecule has 0 saturated carbocycles. The standard InChI is InChI=1S/C29H43N7O4/c1-18(30-5)26(37)34-24(29(2,3)4)28(39)36-14-10-11-22(36)27(38)33-21-15-19-20(16-23(21)40-6)31-17-32-25(19)35-12-8-7-9-13-35/h15-18,22,24,30H,7-14H2,1-6H3,(H,33,38)(H,34,37). The summed E-state index contributed by atoms with van der Waals surface area (Å²) < 4.78 is 5.61. The molecule has 0 spiro atoms. The maximum atomic E-state index is 13.8. The molecule has 11 heteroatoms. The van der Waals surface area contributed by atoms with Gasteiger partial charge in [-0.3, -0.25) is 14.4 Å². The van der Waals surface area contributed by atoms with Crippen molar-refractivity contribution in [3.63, 3.8) is 0 Å². The van der Waals surface area contributed by atoms with Gasteiger partial charge in [-0.1, -0.05) is 20.8 Å². The predicted octanol–water partition coefficient (Wildman–Crippen LogP) is 2.70. The normalized spacial score (nSPS) is 19.3. The number of rotatable bonds is 8. The second-order valence-corrected chi connectivity index (χ2v) is 11.8. The topological polar surface area (TPSA) is 129 Å². The number of amides is 3. The molecule has 3 N–H and O–H groups in total. The molecule has 1 aromatic carbocycles. The molecule has 3 heterocycles. The van der Waals surface area contributed by atoms with E-state index in [4.69, 9.17) is 4.74 Å². The summed E-state index contributed by atoms with van der Waals surface area (Å²) in [5.41, 5.74) is 0.703. The third-order valence-electron chi connectivity index (χ3n) is 7.91. The Balaban J connectivity index is 1.59. The lowest BCUT2D eigenvalue weighted by Gasteiger charge is -2.36. The summed E-state index contributed by atoms with van der Waals surface area (Å²) in [4.78, 5) is 53.0. The Morgan fingerprint density at radius 1 is 1.05 bits per heavy atom. The predicted molar refractivity (Wildman–Crippen MR) is 155 cm³/mol. The molecule has 218 valence electrons. The Morgan fingerprint density at radius 2 is 1.77 bits per heavy atom. The van der Waals surface area contributed by atoms with Crippen LogP contribution in [-0.4, -0.2) is 84.5 Å². The van der Waals surface area contributed by atoms with Gasteiger partial charge in [0.05, 0.1) is 24.4 Å². The number of carbonyl (C=O) groups excluding carboxylic acids is 3. The maximum absolute atomic E-state index is 13.8. The fraction of sp³-hybridized carbons (Fsp3) is 0.621. The molecule has 40 heavy (non-hydrogen) atoms. The number of ether oxygens (including phenoxy) is 1. The Hall–Kier alpha value is -3.47. The molecule has 2 aliphatic heterocycles. The van der Waals surface area contributed by atoms with Crippen molar-refractivity contribution >= 4 is 40.1 Å². The van der Waals surface area contributed by atoms with Gasteiger partial charge in [-0.2, -0.15) is 0 Å². The lowest BCUT2D eigenvalue weighted by molar-refractivity contribution is -0.143. The fourth-order valence-corrected chi connectivity index (χ4v) is 5.43. The zero-order chi connectivity index (χ0) is 29.0. The molecule has 11 nitrogen and oxygen atoms in total. The monoisotopic (exact) mass is 553 g/mol. The van der Waals surface area contributed by atoms with Crippen LogP contribution in [0.1, 0.15) is 59.8 Å². The van der Waals surface area contributed by atoms with Crippen molar-refractivity contribution in [2.75, 3.05) is 44.0 Å². The van der Waals surface area contributed by atoms with Crippen LogP contribution in [-0.2, 0) is 14.4 Å². The van der Waals surface area contributed by atoms with Gasteiger partial charge in [0.1, 0.15) is 30.0 Å². The summed E-state index contributed by atoms with van der Waals surface area (Å²) in [5, 5.41) is 9.68. The van der Waals surface area contributed by atoms with Crippen molar-refractivity contribution in [1.29, 1.82) is 0 Å². The van der Waals surface area contributed by atoms with Crippen molar-refractivity contribution in [1.82, 2.24) is 25.5 Å². The van der Waals surface area contributed by atoms with Gasteiger partial charge >= 0.3 is 0 Å². The van der Waals surface area contributed by atoms with Crippen molar-refractivity contribution in [2.24, 2.45) is 5.41 Å². The lowest BCUT2D eigenvalue weighted by Crippen LogP contribution is -2.59. The van der Waals surface area contributed by atoms with E-state index in [1.54, 1.807) is 32.3 Å². The molecule has 4 rings (SSSR count). The van der Waals surface area contributed by atoms with Gasteiger partial charge in [0.2, 0.25) is 17.7 Å². The summed E-state index contributed by atoms with van der Waals surface area (Å²) in [5.74, 6) is 0.528. The number of methoxy groups -OCH3 is 1. The number of hydrogen-bond donors (Lipinski definition) is 3. The van der Waals surface area contributed by atoms with Crippen LogP contribution in [0.2, 0.25) is 0 Å². The summed E-state index contributed by atoms with van der Waals surface area (Å²) in [7, 11) is 3.25. The number of hydrogen-bond acceptors (Lipinski definition) is 8. The van der Waals surface area contributed by atoms with Crippen LogP contribution >= 0.6 is 0 Å². The van der Waals surface area contributed by atoms with E-state index in [1.165, 1.54) is 6.42 Å². The van der Waals surface area contributed by atoms with Crippen LogP contribution in [0, 0.1) is 5.41 Å². The second-order valence-electron chi connectivity index (χ2n) is 11.8. The van der Waals surface area contributed by atoms with E-state index >= 15 is 0 Å². The Bertz CT molecular complexity index is 1240. The first kappa shape index (κ1) is 29.5. The number of fused-ring (bicyclic) bond motifs is 1. The van der Waals surface area contributed by atoms with Crippen molar-refractivity contribution in [3.05, 3.63) is 18.5 Å². The quantitative estimate of drug-likeness (QED) is 0.455. The van der Waals surface area contributed by atoms with Gasteiger partial charge in [0.15, 0.2) is 0 Å². The first-order valence-electron chi connectivity index (χ1n) is 14.2. The minimum absolute atomic E-state index is 0.256. The minimum Gasteiger partial charge on any atom is -0.494 e. The number of likely N-dealkylation sites (N-methyl/N-ethyl adjacent to an activating group) is 1. The van der Waals surface area contributed by atoms with E-state index in [0.29, 0.717) is 30.8 Å². The van der Waals surface area contributed by atoms with Gasteiger partial charge in [0, 0.05) is 31.1 Å². The molecule has 2 saturated heterocycles. The highest BCUT2D eigenvalue weighted by atomic mass is 16.5. The van der Waals surface area contributed by atoms with Gasteiger partial charge in [-0.25, -0.2) is 9.97 Å². The highest BCUT2D eigenvalue weighted by Crippen LogP contribution is 2.35. The van der Waals surface area contributed by atoms with E-state index < -0.39 is 23.5 Å². The van der Waals surface area contributed by atoms with Crippen LogP contribution in [0.25, 0.3) is 10.9 Å². The Kier molecular flexibility index (Phi) is 9.12. The zero-order valence-corrected chi connectivity index (χ0v) is 24.5. The molecule has 3 unspecified atom stereocenters. The second kappa shape index (κ2) is 12.4. The third kappa shape index (κ3) is 6.29. The highest BCUT2D eigenvalue weighted by molar-refractivity contribution is 6.03. The van der Waals surface area contributed by atoms with E-state index in [2.05, 4.69) is 30.8 Å². The molecular weight excluding hydrogens is 510 g/mol. The number of aromatic nitrogens is 2. The first-order valence-corrected chi connectivity index (χ1v) is 14.2. The number of benzene rings is 1. The summed E-state index contributed by atoms with van der Waals surface area (Å²) in [6.45, 7) is 9.77. The molecule has 2 fully saturated rings. The SMILES string of the molecule is CNC(C)C(=O)NC(C(=O)N1CCCC1C(=O)Nc1cc2c(N3CCCCC3)ncnc2cc1OC)C(C)(C)C. The van der Waals surface area contributed by atoms with Crippen molar-refractivity contribution in [2.45, 2.75) is 77.9 Å². The number of carbonyl (C=O) groups is 3. The van der Waals surface area contributed by atoms with Crippen molar-refractivity contribution < 1.29 is 19.1 Å². The molecule has 3 amide bonds. The molecule has 1 aromatic heterocycles. The molecule has 2 aliphatic rings. The molecule has 0 bridgehead atoms. The number of likely N-dealkylation sites (tertiary alicyclic amines) is 1. The van der Waals surface area contributed by atoms with E-state index in [1.807, 2.05) is 32.9 Å². The molecule has 3 atom stereocenters. The van der Waals surface area contributed by atoms with E-state index in [9.17, 15) is 14.4 Å². The number of piperidine rings is 1. The van der Waals surface area contributed by atoms with Gasteiger partial charge in [-0.05, 0) is 57.6 Å². The van der Waals surface area contributed by atoms with Crippen LogP contribution in [0.3, 0.4) is 0 Å². The minimum atomic E-state index is -0.774. The Morgan fingerprint density at radius 3 is 2.42 bits per heavy atom. The zero-order valence-electron chi connectivity index (χ0n) is 24.5. The summed E-state index contributed by atoms with van der Waals surface area (Å²) in [6.07, 6.45) is 6.23. The summed E-state index contributed by atoms with van der Waals surface area (Å²) >= 11 is 0. The van der Waals surface area contributed by atoms with Gasteiger partial charge in [-0.15, -0.1) is 0 Å². The average Bonchev–Trinajstić information content (AvgIpc) is 3.44. The number of nitrogens with one attached hydrogen (secondary N) is 3. The van der Waals surface area contributed by atoms with E-state index in [-0.39, 0.29) is 17.7 Å². The lowest BCUT2D eigenvalue weighted by atomic mass is 9.85. The Labute approximate surface area is 236 Å². The van der Waals surface area contributed by atoms with Gasteiger partial charge in [0.25, 0.3) is 0 Å². The number of nitrogens with zero attached hydrogens (tertiary/aromatic N) is 4. The first-order chi connectivity index (χ1) is 19.0. The third-order valence-corrected chi connectivity index (χ3v) is 7.91.